The highest BCUT2D eigenvalue weighted by atomic mass is 16.4. The third-order valence-corrected chi connectivity index (χ3v) is 8.78. The summed E-state index contributed by atoms with van der Waals surface area (Å²) in [6.45, 7) is 5.89. The average molecular weight is 377 g/mol. The maximum Gasteiger partial charge on any atom is 0.159 e. The zero-order chi connectivity index (χ0) is 19.8. The lowest BCUT2D eigenvalue weighted by Crippen LogP contribution is -2.60. The smallest absolute Gasteiger partial charge is 0.159 e. The van der Waals surface area contributed by atoms with Crippen LogP contribution in [0.5, 0.6) is 0 Å². The number of ketones is 1. The van der Waals surface area contributed by atoms with E-state index in [0.717, 1.165) is 24.8 Å². The molecule has 3 fully saturated rings. The second kappa shape index (κ2) is 5.88. The number of nitrogens with zero attached hydrogens (tertiary/aromatic N) is 1. The van der Waals surface area contributed by atoms with Crippen molar-refractivity contribution in [3.8, 4) is 0 Å². The van der Waals surface area contributed by atoms with Crippen molar-refractivity contribution < 1.29 is 25.3 Å². The van der Waals surface area contributed by atoms with Crippen LogP contribution < -0.4 is 0 Å². The van der Waals surface area contributed by atoms with Gasteiger partial charge in [-0.2, -0.15) is 0 Å². The van der Waals surface area contributed by atoms with E-state index in [4.69, 9.17) is 0 Å². The lowest BCUT2D eigenvalue weighted by Gasteiger charge is -2.59. The number of aliphatic hydroxyl groups excluding tert-OH is 2. The summed E-state index contributed by atoms with van der Waals surface area (Å²) in [7, 11) is 0. The number of hydrogen-bond donors (Lipinski definition) is 4. The van der Waals surface area contributed by atoms with Crippen LogP contribution in [-0.4, -0.2) is 49.8 Å². The molecule has 6 nitrogen and oxygen atoms in total. The van der Waals surface area contributed by atoms with Gasteiger partial charge >= 0.3 is 0 Å². The molecule has 4 rings (SSSR count). The molecule has 0 bridgehead atoms. The molecule has 150 valence electrons. The molecular weight excluding hydrogens is 346 g/mol. The van der Waals surface area contributed by atoms with Gasteiger partial charge in [-0.25, -0.2) is 0 Å². The van der Waals surface area contributed by atoms with Gasteiger partial charge in [-0.3, -0.25) is 4.79 Å². The van der Waals surface area contributed by atoms with E-state index in [0.29, 0.717) is 18.6 Å². The quantitative estimate of drug-likeness (QED) is 0.318. The molecule has 0 aromatic heterocycles. The van der Waals surface area contributed by atoms with E-state index in [9.17, 15) is 25.3 Å². The summed E-state index contributed by atoms with van der Waals surface area (Å²) in [5.41, 5.74) is -0.583. The molecule has 0 aliphatic heterocycles. The van der Waals surface area contributed by atoms with Crippen molar-refractivity contribution in [1.29, 1.82) is 0 Å². The van der Waals surface area contributed by atoms with Gasteiger partial charge in [0.15, 0.2) is 5.78 Å². The Morgan fingerprint density at radius 2 is 1.85 bits per heavy atom. The number of aliphatic hydroxyl groups is 3. The summed E-state index contributed by atoms with van der Waals surface area (Å²) >= 11 is 0. The van der Waals surface area contributed by atoms with E-state index in [2.05, 4.69) is 12.1 Å². The second-order valence-electron chi connectivity index (χ2n) is 9.84. The number of carbonyl (C=O) groups excluding carboxylic acids is 1. The highest BCUT2D eigenvalue weighted by molar-refractivity contribution is 5.95. The van der Waals surface area contributed by atoms with Gasteiger partial charge < -0.3 is 20.5 Å². The molecule has 4 aliphatic rings. The molecule has 0 aromatic rings. The van der Waals surface area contributed by atoms with Crippen LogP contribution in [0.1, 0.15) is 59.3 Å². The summed E-state index contributed by atoms with van der Waals surface area (Å²) < 4.78 is 0. The van der Waals surface area contributed by atoms with Gasteiger partial charge in [0.25, 0.3) is 0 Å². The minimum absolute atomic E-state index is 0.0190. The summed E-state index contributed by atoms with van der Waals surface area (Å²) in [5, 5.41) is 45.0. The third kappa shape index (κ3) is 2.29. The fourth-order valence-corrected chi connectivity index (χ4v) is 7.11. The first-order valence-corrected chi connectivity index (χ1v) is 10.1. The molecule has 4 aliphatic carbocycles. The van der Waals surface area contributed by atoms with Crippen LogP contribution in [0.3, 0.4) is 0 Å². The van der Waals surface area contributed by atoms with Crippen LogP contribution in [0.25, 0.3) is 0 Å². The van der Waals surface area contributed by atoms with E-state index >= 15 is 0 Å². The first-order chi connectivity index (χ1) is 12.6. The van der Waals surface area contributed by atoms with Crippen molar-refractivity contribution in [3.05, 3.63) is 11.6 Å². The molecule has 4 N–H and O–H groups in total. The van der Waals surface area contributed by atoms with Gasteiger partial charge in [-0.05, 0) is 68.4 Å². The van der Waals surface area contributed by atoms with Gasteiger partial charge in [-0.15, -0.1) is 0 Å². The molecule has 27 heavy (non-hydrogen) atoms. The zero-order valence-corrected chi connectivity index (χ0v) is 16.4. The molecule has 3 saturated carbocycles. The molecule has 8 atom stereocenters. The van der Waals surface area contributed by atoms with Gasteiger partial charge in [0.05, 0.1) is 23.5 Å². The Bertz CT molecular complexity index is 732. The summed E-state index contributed by atoms with van der Waals surface area (Å²) in [6, 6.07) is 0. The lowest BCUT2D eigenvalue weighted by molar-refractivity contribution is -0.151. The Balaban J connectivity index is 1.79. The lowest BCUT2D eigenvalue weighted by atomic mass is 9.46. The Kier molecular flexibility index (Phi) is 4.16. The Morgan fingerprint density at radius 1 is 1.15 bits per heavy atom. The molecule has 0 aromatic carbocycles. The minimum Gasteiger partial charge on any atom is -0.411 e. The first kappa shape index (κ1) is 19.1. The van der Waals surface area contributed by atoms with E-state index in [-0.39, 0.29) is 30.0 Å². The van der Waals surface area contributed by atoms with Crippen molar-refractivity contribution >= 4 is 11.5 Å². The summed E-state index contributed by atoms with van der Waals surface area (Å²) in [5.74, 6) is -0.349. The van der Waals surface area contributed by atoms with Crippen LogP contribution in [0, 0.1) is 28.6 Å². The Morgan fingerprint density at radius 3 is 2.52 bits per heavy atom. The molecule has 6 heteroatoms. The highest BCUT2D eigenvalue weighted by Gasteiger charge is 2.66. The zero-order valence-electron chi connectivity index (χ0n) is 16.4. The van der Waals surface area contributed by atoms with Crippen LogP contribution in [0.15, 0.2) is 16.8 Å². The van der Waals surface area contributed by atoms with E-state index in [1.165, 1.54) is 0 Å². The van der Waals surface area contributed by atoms with Gasteiger partial charge in [0, 0.05) is 17.3 Å². The average Bonchev–Trinajstić information content (AvgIpc) is 2.89. The van der Waals surface area contributed by atoms with Crippen molar-refractivity contribution in [3.63, 3.8) is 0 Å². The summed E-state index contributed by atoms with van der Waals surface area (Å²) in [4.78, 5) is 13.0. The normalized spacial score (nSPS) is 52.7. The monoisotopic (exact) mass is 377 g/mol. The molecule has 0 spiro atoms. The van der Waals surface area contributed by atoms with Crippen LogP contribution in [0.4, 0.5) is 0 Å². The third-order valence-electron chi connectivity index (χ3n) is 8.78. The van der Waals surface area contributed by atoms with Crippen molar-refractivity contribution in [2.24, 2.45) is 33.7 Å². The maximum absolute atomic E-state index is 13.0. The molecule has 0 amide bonds. The standard InChI is InChI=1S/C21H31NO5/c1-11(22-27)12-5-7-21(26)14-8-16(23)15-9-17(24)18(25)10-19(15,2)13(14)4-6-20(12,21)3/h8,12-13,15,17-18,24-27H,4-7,9-10H2,1-3H3/b22-11-/t12-,13?,15+,17-,18+,19-,20-,21-/m1/s1. The number of hydrogen-bond acceptors (Lipinski definition) is 6. The first-order valence-electron chi connectivity index (χ1n) is 10.1. The van der Waals surface area contributed by atoms with E-state index in [1.54, 1.807) is 13.0 Å². The molecule has 1 unspecified atom stereocenters. The number of carbonyl (C=O) groups is 1. The van der Waals surface area contributed by atoms with Crippen LogP contribution in [0.2, 0.25) is 0 Å². The minimum atomic E-state index is -1.10. The molecule has 0 heterocycles. The Labute approximate surface area is 160 Å². The van der Waals surface area contributed by atoms with Gasteiger partial charge in [0.1, 0.15) is 0 Å². The van der Waals surface area contributed by atoms with Crippen molar-refractivity contribution in [2.45, 2.75) is 77.1 Å². The number of allylic oxidation sites excluding steroid dienone is 1. The highest BCUT2D eigenvalue weighted by Crippen LogP contribution is 2.67. The van der Waals surface area contributed by atoms with E-state index < -0.39 is 28.6 Å². The predicted octanol–water partition coefficient (Wildman–Crippen LogP) is 2.04. The largest absolute Gasteiger partial charge is 0.411 e. The van der Waals surface area contributed by atoms with Crippen LogP contribution >= 0.6 is 0 Å². The predicted molar refractivity (Wildman–Crippen MR) is 99.3 cm³/mol. The van der Waals surface area contributed by atoms with Crippen LogP contribution in [-0.2, 0) is 4.79 Å². The fraction of sp³-hybridized carbons (Fsp3) is 0.810. The van der Waals surface area contributed by atoms with Crippen molar-refractivity contribution in [2.75, 3.05) is 0 Å². The van der Waals surface area contributed by atoms with Gasteiger partial charge in [-0.1, -0.05) is 19.0 Å². The topological polar surface area (TPSA) is 110 Å². The number of oxime groups is 1. The molecule has 0 saturated heterocycles. The second-order valence-corrected chi connectivity index (χ2v) is 9.84. The number of fused-ring (bicyclic) bond motifs is 5. The maximum atomic E-state index is 13.0. The number of rotatable bonds is 1. The summed E-state index contributed by atoms with van der Waals surface area (Å²) in [6.07, 6.45) is 3.48. The molecule has 0 radical (unpaired) electrons. The van der Waals surface area contributed by atoms with Gasteiger partial charge in [0.2, 0.25) is 0 Å². The Hall–Kier alpha value is -1.24. The van der Waals surface area contributed by atoms with Crippen molar-refractivity contribution in [1.82, 2.24) is 0 Å². The molecular formula is C21H31NO5. The fourth-order valence-electron chi connectivity index (χ4n) is 7.11. The van der Waals surface area contributed by atoms with E-state index in [1.807, 2.05) is 6.92 Å². The SMILES string of the molecule is C/C(=N/O)[C@H]1CC[C@@]2(O)C3=CC(=O)[C@@H]4C[C@@H](O)[C@@H](O)C[C@]4(C)C3CC[C@]12C.